The van der Waals surface area contributed by atoms with Gasteiger partial charge in [-0.1, -0.05) is 18.8 Å². The molecule has 2 fully saturated rings. The molecule has 220 valence electrons. The molecule has 7 nitrogen and oxygen atoms in total. The van der Waals surface area contributed by atoms with E-state index in [9.17, 15) is 4.79 Å². The Hall–Kier alpha value is -4.12. The molecule has 1 aliphatic heterocycles. The molecule has 0 atom stereocenters. The number of carbonyl (C=O) groups is 1. The molecule has 0 radical (unpaired) electrons. The van der Waals surface area contributed by atoms with Gasteiger partial charge in [0.25, 0.3) is 0 Å². The Kier molecular flexibility index (Phi) is 7.42. The zero-order valence-electron chi connectivity index (χ0n) is 24.8. The number of hydrogen-bond donors (Lipinski definition) is 0. The second-order valence-corrected chi connectivity index (χ2v) is 12.2. The average molecular weight is 577 g/mol. The summed E-state index contributed by atoms with van der Waals surface area (Å²) < 4.78 is 23.9. The molecular weight excluding hydrogens is 540 g/mol. The van der Waals surface area contributed by atoms with E-state index in [1.54, 1.807) is 6.20 Å². The van der Waals surface area contributed by atoms with Crippen molar-refractivity contribution in [2.24, 2.45) is 5.92 Å². The third kappa shape index (κ3) is 5.78. The van der Waals surface area contributed by atoms with E-state index in [-0.39, 0.29) is 5.78 Å². The highest BCUT2D eigenvalue weighted by Crippen LogP contribution is 2.46. The number of carbonyl (C=O) groups excluding carboxylic acids is 1. The van der Waals surface area contributed by atoms with Crippen LogP contribution in [0.25, 0.3) is 11.0 Å². The van der Waals surface area contributed by atoms with Crippen molar-refractivity contribution in [2.45, 2.75) is 38.5 Å². The molecule has 2 aromatic heterocycles. The van der Waals surface area contributed by atoms with Crippen LogP contribution in [0.15, 0.2) is 59.1 Å². The fourth-order valence-corrected chi connectivity index (χ4v) is 6.00. The fraction of sp³-hybridized carbons (Fsp3) is 0.389. The number of ether oxygens (including phenoxy) is 3. The Morgan fingerprint density at radius 2 is 1.79 bits per heavy atom. The summed E-state index contributed by atoms with van der Waals surface area (Å²) in [4.78, 5) is 20.5. The lowest BCUT2D eigenvalue weighted by atomic mass is 9.71. The first-order valence-electron chi connectivity index (χ1n) is 15.3. The van der Waals surface area contributed by atoms with Gasteiger partial charge in [0.05, 0.1) is 25.4 Å². The SMILES string of the molecule is CC1(C)c2cc(OCCN3CCOCC3)ccc2C(=O)c2c1oc1cc(C#Cc3cc(OCCC4CC4)ccn3)ccc21. The van der Waals surface area contributed by atoms with Gasteiger partial charge in [-0.3, -0.25) is 9.69 Å². The van der Waals surface area contributed by atoms with E-state index in [1.165, 1.54) is 12.8 Å². The molecule has 2 aromatic carbocycles. The summed E-state index contributed by atoms with van der Waals surface area (Å²) in [5.41, 5.74) is 3.81. The topological polar surface area (TPSA) is 74.0 Å². The number of nitrogens with zero attached hydrogens (tertiary/aromatic N) is 2. The Morgan fingerprint density at radius 3 is 2.63 bits per heavy atom. The van der Waals surface area contributed by atoms with Crippen LogP contribution in [0.3, 0.4) is 0 Å². The predicted octanol–water partition coefficient (Wildman–Crippen LogP) is 5.99. The zero-order valence-corrected chi connectivity index (χ0v) is 24.8. The Balaban J connectivity index is 1.10. The minimum absolute atomic E-state index is 0.0236. The molecule has 2 aliphatic carbocycles. The van der Waals surface area contributed by atoms with Gasteiger partial charge >= 0.3 is 0 Å². The van der Waals surface area contributed by atoms with Crippen molar-refractivity contribution in [3.63, 3.8) is 0 Å². The number of pyridine rings is 1. The molecular formula is C36H36N2O5. The van der Waals surface area contributed by atoms with Gasteiger partial charge in [-0.2, -0.15) is 0 Å². The Morgan fingerprint density at radius 1 is 0.977 bits per heavy atom. The number of furan rings is 1. The Bertz CT molecular complexity index is 1730. The van der Waals surface area contributed by atoms with Crippen LogP contribution in [-0.2, 0) is 10.2 Å². The number of aromatic nitrogens is 1. The summed E-state index contributed by atoms with van der Waals surface area (Å²) in [6.45, 7) is 9.74. The van der Waals surface area contributed by atoms with Crippen molar-refractivity contribution in [3.05, 3.63) is 88.4 Å². The molecule has 4 aromatic rings. The quantitative estimate of drug-likeness (QED) is 0.239. The molecule has 3 heterocycles. The van der Waals surface area contributed by atoms with Crippen molar-refractivity contribution in [1.29, 1.82) is 0 Å². The van der Waals surface area contributed by atoms with E-state index in [4.69, 9.17) is 18.6 Å². The van der Waals surface area contributed by atoms with Crippen LogP contribution in [0, 0.1) is 17.8 Å². The summed E-state index contributed by atoms with van der Waals surface area (Å²) in [6.07, 6.45) is 5.48. The third-order valence-electron chi connectivity index (χ3n) is 8.73. The standard InChI is InChI=1S/C36H36N2O5/c1-36(2)31-23-27(42-20-16-38-14-18-40-19-15-38)8-10-29(31)34(39)33-30-9-6-25(21-32(30)43-35(33)36)5-7-26-22-28(11-13-37-26)41-17-12-24-3-4-24/h6,8-11,13,21-24H,3-4,12,14-20H2,1-2H3. The summed E-state index contributed by atoms with van der Waals surface area (Å²) in [6, 6.07) is 15.3. The highest BCUT2D eigenvalue weighted by molar-refractivity contribution is 6.19. The maximum atomic E-state index is 13.8. The van der Waals surface area contributed by atoms with Crippen molar-refractivity contribution in [2.75, 3.05) is 46.1 Å². The number of hydrogen-bond acceptors (Lipinski definition) is 7. The van der Waals surface area contributed by atoms with Gasteiger partial charge in [-0.25, -0.2) is 4.98 Å². The van der Waals surface area contributed by atoms with E-state index < -0.39 is 5.41 Å². The van der Waals surface area contributed by atoms with E-state index >= 15 is 0 Å². The van der Waals surface area contributed by atoms with Crippen LogP contribution in [0.5, 0.6) is 11.5 Å². The first-order chi connectivity index (χ1) is 21.0. The molecule has 7 heteroatoms. The van der Waals surface area contributed by atoms with Gasteiger partial charge < -0.3 is 18.6 Å². The van der Waals surface area contributed by atoms with Crippen LogP contribution in [0.1, 0.15) is 71.6 Å². The molecule has 43 heavy (non-hydrogen) atoms. The van der Waals surface area contributed by atoms with Crippen molar-refractivity contribution in [1.82, 2.24) is 9.88 Å². The van der Waals surface area contributed by atoms with Crippen LogP contribution in [-0.4, -0.2) is 61.7 Å². The maximum absolute atomic E-state index is 13.8. The normalized spacial score (nSPS) is 17.6. The monoisotopic (exact) mass is 576 g/mol. The summed E-state index contributed by atoms with van der Waals surface area (Å²) in [5.74, 6) is 9.39. The molecule has 1 saturated carbocycles. The number of rotatable bonds is 8. The molecule has 1 saturated heterocycles. The van der Waals surface area contributed by atoms with Crippen LogP contribution in [0.4, 0.5) is 0 Å². The highest BCUT2D eigenvalue weighted by atomic mass is 16.5. The lowest BCUT2D eigenvalue weighted by Crippen LogP contribution is -2.38. The smallest absolute Gasteiger partial charge is 0.197 e. The molecule has 0 amide bonds. The number of morpholine rings is 1. The fourth-order valence-electron chi connectivity index (χ4n) is 6.00. The van der Waals surface area contributed by atoms with Gasteiger partial charge in [-0.15, -0.1) is 0 Å². The largest absolute Gasteiger partial charge is 0.493 e. The van der Waals surface area contributed by atoms with Gasteiger partial charge in [0, 0.05) is 53.8 Å². The molecule has 0 spiro atoms. The molecule has 3 aliphatic rings. The molecule has 0 unspecified atom stereocenters. The number of benzene rings is 2. The van der Waals surface area contributed by atoms with E-state index in [0.29, 0.717) is 34.8 Å². The van der Waals surface area contributed by atoms with Gasteiger partial charge in [0.15, 0.2) is 5.78 Å². The van der Waals surface area contributed by atoms with Crippen molar-refractivity contribution >= 4 is 16.8 Å². The minimum atomic E-state index is -0.517. The summed E-state index contributed by atoms with van der Waals surface area (Å²) in [7, 11) is 0. The lowest BCUT2D eigenvalue weighted by molar-refractivity contribution is 0.0322. The van der Waals surface area contributed by atoms with Gasteiger partial charge in [0.1, 0.15) is 35.1 Å². The first kappa shape index (κ1) is 27.7. The molecule has 0 bridgehead atoms. The first-order valence-corrected chi connectivity index (χ1v) is 15.3. The number of fused-ring (bicyclic) bond motifs is 4. The van der Waals surface area contributed by atoms with Crippen molar-refractivity contribution < 1.29 is 23.4 Å². The third-order valence-corrected chi connectivity index (χ3v) is 8.73. The summed E-state index contributed by atoms with van der Waals surface area (Å²) in [5, 5.41) is 0.805. The lowest BCUT2D eigenvalue weighted by Gasteiger charge is -2.31. The van der Waals surface area contributed by atoms with Crippen LogP contribution < -0.4 is 9.47 Å². The predicted molar refractivity (Wildman–Crippen MR) is 164 cm³/mol. The Labute approximate surface area is 252 Å². The second kappa shape index (κ2) is 11.5. The zero-order chi connectivity index (χ0) is 29.4. The van der Waals surface area contributed by atoms with E-state index in [2.05, 4.69) is 35.6 Å². The van der Waals surface area contributed by atoms with Crippen LogP contribution >= 0.6 is 0 Å². The van der Waals surface area contributed by atoms with E-state index in [1.807, 2.05) is 48.5 Å². The molecule has 0 N–H and O–H groups in total. The highest BCUT2D eigenvalue weighted by Gasteiger charge is 2.41. The van der Waals surface area contributed by atoms with Gasteiger partial charge in [-0.05, 0) is 80.1 Å². The minimum Gasteiger partial charge on any atom is -0.493 e. The maximum Gasteiger partial charge on any atom is 0.197 e. The summed E-state index contributed by atoms with van der Waals surface area (Å²) >= 11 is 0. The van der Waals surface area contributed by atoms with Gasteiger partial charge in [0.2, 0.25) is 0 Å². The average Bonchev–Trinajstić information content (AvgIpc) is 3.76. The second-order valence-electron chi connectivity index (χ2n) is 12.2. The van der Waals surface area contributed by atoms with Crippen LogP contribution in [0.2, 0.25) is 0 Å². The van der Waals surface area contributed by atoms with Crippen molar-refractivity contribution in [3.8, 4) is 23.3 Å². The number of ketones is 1. The molecule has 7 rings (SSSR count). The van der Waals surface area contributed by atoms with E-state index in [0.717, 1.165) is 79.8 Å².